The average Bonchev–Trinajstić information content (AvgIpc) is 2.62. The molecule has 0 saturated heterocycles. The van der Waals surface area contributed by atoms with E-state index in [1.54, 1.807) is 0 Å². The van der Waals surface area contributed by atoms with Gasteiger partial charge < -0.3 is 4.74 Å². The van der Waals surface area contributed by atoms with Crippen molar-refractivity contribution in [3.63, 3.8) is 0 Å². The minimum Gasteiger partial charge on any atom is -0.486 e. The molecule has 0 aromatic heterocycles. The summed E-state index contributed by atoms with van der Waals surface area (Å²) in [6.45, 7) is 2.14. The van der Waals surface area contributed by atoms with Crippen LogP contribution in [0.1, 0.15) is 30.4 Å². The van der Waals surface area contributed by atoms with E-state index >= 15 is 0 Å². The van der Waals surface area contributed by atoms with Crippen LogP contribution in [0.5, 0.6) is 5.75 Å². The van der Waals surface area contributed by atoms with Crippen LogP contribution >= 0.6 is 11.6 Å². The van der Waals surface area contributed by atoms with Crippen molar-refractivity contribution in [3.8, 4) is 5.75 Å². The van der Waals surface area contributed by atoms with Crippen LogP contribution in [0.4, 0.5) is 4.39 Å². The number of fused-ring (bicyclic) bond motifs is 1. The standard InChI is InChI=1S/C19H19ClFNO3S/c1-2-13(14-6-4-3-5-7-14)11-22-26(23,24)17-9-15-8-16(21)10-18(20)19(15)25-12-17/h3-10,13,22H,2,11-12H2,1H3. The van der Waals surface area contributed by atoms with Crippen molar-refractivity contribution in [3.05, 3.63) is 69.3 Å². The van der Waals surface area contributed by atoms with Gasteiger partial charge in [0.1, 0.15) is 18.2 Å². The maximum atomic E-state index is 13.5. The highest BCUT2D eigenvalue weighted by molar-refractivity contribution is 7.93. The third-order valence-electron chi connectivity index (χ3n) is 4.34. The summed E-state index contributed by atoms with van der Waals surface area (Å²) >= 11 is 5.94. The fraction of sp³-hybridized carbons (Fsp3) is 0.263. The molecule has 4 nitrogen and oxygen atoms in total. The minimum atomic E-state index is -3.74. The Morgan fingerprint density at radius 2 is 2.00 bits per heavy atom. The highest BCUT2D eigenvalue weighted by Gasteiger charge is 2.25. The minimum absolute atomic E-state index is 0.0505. The van der Waals surface area contributed by atoms with Crippen molar-refractivity contribution in [2.24, 2.45) is 0 Å². The molecule has 0 saturated carbocycles. The average molecular weight is 396 g/mol. The van der Waals surface area contributed by atoms with Crippen molar-refractivity contribution >= 4 is 27.7 Å². The zero-order chi connectivity index (χ0) is 18.7. The highest BCUT2D eigenvalue weighted by Crippen LogP contribution is 2.35. The quantitative estimate of drug-likeness (QED) is 0.792. The molecule has 0 radical (unpaired) electrons. The molecule has 7 heteroatoms. The predicted octanol–water partition coefficient (Wildman–Crippen LogP) is 4.33. The van der Waals surface area contributed by atoms with E-state index in [9.17, 15) is 12.8 Å². The van der Waals surface area contributed by atoms with E-state index in [4.69, 9.17) is 16.3 Å². The zero-order valence-electron chi connectivity index (χ0n) is 14.2. The summed E-state index contributed by atoms with van der Waals surface area (Å²) in [7, 11) is -3.74. The fourth-order valence-electron chi connectivity index (χ4n) is 2.88. The van der Waals surface area contributed by atoms with E-state index in [0.29, 0.717) is 11.3 Å². The molecular weight excluding hydrogens is 377 g/mol. The van der Waals surface area contributed by atoms with E-state index in [0.717, 1.165) is 18.1 Å². The van der Waals surface area contributed by atoms with E-state index in [2.05, 4.69) is 4.72 Å². The number of hydrogen-bond acceptors (Lipinski definition) is 3. The Labute approximate surface area is 157 Å². The van der Waals surface area contributed by atoms with Crippen molar-refractivity contribution < 1.29 is 17.5 Å². The van der Waals surface area contributed by atoms with E-state index < -0.39 is 15.8 Å². The highest BCUT2D eigenvalue weighted by atomic mass is 35.5. The van der Waals surface area contributed by atoms with Gasteiger partial charge >= 0.3 is 0 Å². The van der Waals surface area contributed by atoms with Crippen LogP contribution in [0.3, 0.4) is 0 Å². The van der Waals surface area contributed by atoms with Crippen LogP contribution in [0.15, 0.2) is 47.4 Å². The number of halogens is 2. The molecule has 26 heavy (non-hydrogen) atoms. The molecule has 0 aliphatic carbocycles. The van der Waals surface area contributed by atoms with Gasteiger partial charge in [-0.2, -0.15) is 0 Å². The number of hydrogen-bond donors (Lipinski definition) is 1. The van der Waals surface area contributed by atoms with Gasteiger partial charge in [0.15, 0.2) is 0 Å². The normalized spacial score (nSPS) is 15.0. The van der Waals surface area contributed by atoms with Crippen molar-refractivity contribution in [2.75, 3.05) is 13.2 Å². The lowest BCUT2D eigenvalue weighted by atomic mass is 9.97. The predicted molar refractivity (Wildman–Crippen MR) is 101 cm³/mol. The van der Waals surface area contributed by atoms with Gasteiger partial charge in [-0.05, 0) is 36.1 Å². The maximum Gasteiger partial charge on any atom is 0.240 e. The largest absolute Gasteiger partial charge is 0.486 e. The van der Waals surface area contributed by atoms with Crippen LogP contribution in [0.2, 0.25) is 5.02 Å². The monoisotopic (exact) mass is 395 g/mol. The van der Waals surface area contributed by atoms with E-state index in [-0.39, 0.29) is 29.0 Å². The Morgan fingerprint density at radius 1 is 1.27 bits per heavy atom. The summed E-state index contributed by atoms with van der Waals surface area (Å²) in [6, 6.07) is 12.1. The first kappa shape index (κ1) is 18.9. The molecule has 0 fully saturated rings. The second-order valence-electron chi connectivity index (χ2n) is 6.07. The lowest BCUT2D eigenvalue weighted by Crippen LogP contribution is -2.32. The molecule has 1 aliphatic rings. The molecule has 138 valence electrons. The topological polar surface area (TPSA) is 55.4 Å². The molecule has 3 rings (SSSR count). The Kier molecular flexibility index (Phi) is 5.65. The van der Waals surface area contributed by atoms with Crippen molar-refractivity contribution in [2.45, 2.75) is 19.3 Å². The van der Waals surface area contributed by atoms with Gasteiger partial charge in [-0.1, -0.05) is 48.9 Å². The summed E-state index contributed by atoms with van der Waals surface area (Å²) in [6.07, 6.45) is 2.20. The first-order chi connectivity index (χ1) is 12.4. The number of rotatable bonds is 6. The van der Waals surface area contributed by atoms with Gasteiger partial charge in [0, 0.05) is 12.1 Å². The summed E-state index contributed by atoms with van der Waals surface area (Å²) < 4.78 is 46.9. The van der Waals surface area contributed by atoms with Crippen molar-refractivity contribution in [1.82, 2.24) is 4.72 Å². The Balaban J connectivity index is 1.79. The van der Waals surface area contributed by atoms with E-state index in [1.807, 2.05) is 37.3 Å². The summed E-state index contributed by atoms with van der Waals surface area (Å²) in [5, 5.41) is 0.121. The molecule has 1 unspecified atom stereocenters. The third-order valence-corrected chi connectivity index (χ3v) is 6.09. The summed E-state index contributed by atoms with van der Waals surface area (Å²) in [4.78, 5) is 0.0505. The van der Waals surface area contributed by atoms with Gasteiger partial charge in [0.2, 0.25) is 10.0 Å². The van der Waals surface area contributed by atoms with Gasteiger partial charge in [0.25, 0.3) is 0 Å². The van der Waals surface area contributed by atoms with Crippen LogP contribution in [0.25, 0.3) is 6.08 Å². The van der Waals surface area contributed by atoms with Gasteiger partial charge in [-0.25, -0.2) is 17.5 Å². The number of ether oxygens (including phenoxy) is 1. The van der Waals surface area contributed by atoms with Crippen LogP contribution in [-0.2, 0) is 10.0 Å². The van der Waals surface area contributed by atoms with Crippen LogP contribution in [0, 0.1) is 5.82 Å². The molecule has 1 N–H and O–H groups in total. The molecule has 1 heterocycles. The molecule has 2 aromatic rings. The molecule has 0 amide bonds. The lowest BCUT2D eigenvalue weighted by Gasteiger charge is -2.21. The first-order valence-corrected chi connectivity index (χ1v) is 10.1. The Bertz CT molecular complexity index is 929. The fourth-order valence-corrected chi connectivity index (χ4v) is 4.25. The Hall–Kier alpha value is -1.89. The maximum absolute atomic E-state index is 13.5. The molecular formula is C19H19ClFNO3S. The zero-order valence-corrected chi connectivity index (χ0v) is 15.8. The van der Waals surface area contributed by atoms with E-state index in [1.165, 1.54) is 12.1 Å². The van der Waals surface area contributed by atoms with Gasteiger partial charge in [-0.3, -0.25) is 0 Å². The smallest absolute Gasteiger partial charge is 0.240 e. The van der Waals surface area contributed by atoms with Crippen LogP contribution in [-0.4, -0.2) is 21.6 Å². The van der Waals surface area contributed by atoms with Crippen LogP contribution < -0.4 is 9.46 Å². The number of benzene rings is 2. The van der Waals surface area contributed by atoms with Gasteiger partial charge in [-0.15, -0.1) is 0 Å². The summed E-state index contributed by atoms with van der Waals surface area (Å²) in [5.74, 6) is -0.187. The number of sulfonamides is 1. The third kappa shape index (κ3) is 4.09. The second-order valence-corrected chi connectivity index (χ2v) is 8.30. The lowest BCUT2D eigenvalue weighted by molar-refractivity contribution is 0.352. The SMILES string of the molecule is CCC(CNS(=O)(=O)C1=Cc2cc(F)cc(Cl)c2OC1)c1ccccc1. The number of nitrogens with one attached hydrogen (secondary N) is 1. The van der Waals surface area contributed by atoms with Crippen molar-refractivity contribution in [1.29, 1.82) is 0 Å². The molecule has 1 aliphatic heterocycles. The molecule has 0 spiro atoms. The summed E-state index contributed by atoms with van der Waals surface area (Å²) in [5.41, 5.74) is 1.39. The first-order valence-electron chi connectivity index (χ1n) is 8.27. The molecule has 2 aromatic carbocycles. The molecule has 1 atom stereocenters. The van der Waals surface area contributed by atoms with Gasteiger partial charge in [0.05, 0.1) is 9.93 Å². The molecule has 0 bridgehead atoms. The second kappa shape index (κ2) is 7.78. The Morgan fingerprint density at radius 3 is 2.69 bits per heavy atom.